The minimum absolute atomic E-state index is 0.0985. The molecular formula is C12H23NO4. The first-order chi connectivity index (χ1) is 7.83. The van der Waals surface area contributed by atoms with Crippen LogP contribution >= 0.6 is 0 Å². The Labute approximate surface area is 103 Å². The molecule has 5 heteroatoms. The zero-order valence-corrected chi connectivity index (χ0v) is 11.1. The van der Waals surface area contributed by atoms with Gasteiger partial charge in [-0.05, 0) is 33.6 Å². The molecule has 1 aliphatic rings. The number of nitrogens with zero attached hydrogens (tertiary/aromatic N) is 1. The van der Waals surface area contributed by atoms with E-state index in [1.165, 1.54) is 0 Å². The molecular weight excluding hydrogens is 222 g/mol. The Balaban J connectivity index is 2.62. The Bertz CT molecular complexity index is 262. The van der Waals surface area contributed by atoms with Gasteiger partial charge < -0.3 is 19.5 Å². The van der Waals surface area contributed by atoms with E-state index in [2.05, 4.69) is 0 Å². The lowest BCUT2D eigenvalue weighted by Gasteiger charge is -2.38. The number of ether oxygens (including phenoxy) is 2. The third-order valence-electron chi connectivity index (χ3n) is 2.68. The maximum Gasteiger partial charge on any atom is 0.410 e. The fourth-order valence-corrected chi connectivity index (χ4v) is 1.94. The number of amides is 1. The number of aliphatic hydroxyl groups is 1. The van der Waals surface area contributed by atoms with Crippen LogP contribution in [0.2, 0.25) is 0 Å². The number of methoxy groups -OCH3 is 1. The Morgan fingerprint density at radius 3 is 2.65 bits per heavy atom. The van der Waals surface area contributed by atoms with Crippen molar-refractivity contribution in [1.29, 1.82) is 0 Å². The van der Waals surface area contributed by atoms with Gasteiger partial charge in [0.25, 0.3) is 0 Å². The first kappa shape index (κ1) is 14.3. The van der Waals surface area contributed by atoms with Crippen molar-refractivity contribution in [3.8, 4) is 0 Å². The Kier molecular flexibility index (Phi) is 4.77. The van der Waals surface area contributed by atoms with Crippen LogP contribution in [0.1, 0.15) is 33.6 Å². The molecule has 1 heterocycles. The molecule has 0 radical (unpaired) electrons. The van der Waals surface area contributed by atoms with Crippen molar-refractivity contribution >= 4 is 6.09 Å². The molecule has 0 aromatic carbocycles. The van der Waals surface area contributed by atoms with E-state index in [1.807, 2.05) is 20.8 Å². The highest BCUT2D eigenvalue weighted by atomic mass is 16.6. The number of piperidine rings is 1. The molecule has 0 aromatic heterocycles. The predicted octanol–water partition coefficient (Wildman–Crippen LogP) is 1.39. The van der Waals surface area contributed by atoms with Crippen molar-refractivity contribution in [3.63, 3.8) is 0 Å². The number of aliphatic hydroxyl groups excluding tert-OH is 1. The van der Waals surface area contributed by atoms with Gasteiger partial charge in [0.05, 0.1) is 18.8 Å². The Morgan fingerprint density at radius 2 is 2.12 bits per heavy atom. The molecule has 17 heavy (non-hydrogen) atoms. The van der Waals surface area contributed by atoms with Crippen molar-refractivity contribution in [1.82, 2.24) is 4.90 Å². The van der Waals surface area contributed by atoms with Crippen LogP contribution in [-0.4, -0.2) is 54.1 Å². The first-order valence-corrected chi connectivity index (χ1v) is 6.00. The minimum Gasteiger partial charge on any atom is -0.444 e. The van der Waals surface area contributed by atoms with Gasteiger partial charge in [0.1, 0.15) is 5.60 Å². The second-order valence-electron chi connectivity index (χ2n) is 5.46. The van der Waals surface area contributed by atoms with E-state index >= 15 is 0 Å². The fraction of sp³-hybridized carbons (Fsp3) is 0.917. The van der Waals surface area contributed by atoms with Gasteiger partial charge in [-0.1, -0.05) is 0 Å². The summed E-state index contributed by atoms with van der Waals surface area (Å²) in [5, 5.41) is 9.60. The van der Waals surface area contributed by atoms with Crippen LogP contribution in [0.5, 0.6) is 0 Å². The van der Waals surface area contributed by atoms with Crippen LogP contribution in [-0.2, 0) is 9.47 Å². The molecule has 2 atom stereocenters. The highest BCUT2D eigenvalue weighted by molar-refractivity contribution is 5.68. The maximum absolute atomic E-state index is 12.0. The van der Waals surface area contributed by atoms with Crippen LogP contribution < -0.4 is 0 Å². The second-order valence-corrected chi connectivity index (χ2v) is 5.46. The molecule has 1 rings (SSSR count). The smallest absolute Gasteiger partial charge is 0.410 e. The Hall–Kier alpha value is -0.810. The van der Waals surface area contributed by atoms with Gasteiger partial charge >= 0.3 is 6.09 Å². The topological polar surface area (TPSA) is 59.0 Å². The van der Waals surface area contributed by atoms with Gasteiger partial charge in [0.15, 0.2) is 0 Å². The lowest BCUT2D eigenvalue weighted by Crippen LogP contribution is -2.51. The molecule has 1 N–H and O–H groups in total. The summed E-state index contributed by atoms with van der Waals surface area (Å²) in [7, 11) is 1.59. The van der Waals surface area contributed by atoms with Crippen molar-refractivity contribution in [2.75, 3.05) is 20.3 Å². The number of carbonyl (C=O) groups excluding carboxylic acids is 1. The summed E-state index contributed by atoms with van der Waals surface area (Å²) < 4.78 is 10.4. The van der Waals surface area contributed by atoms with Crippen molar-refractivity contribution < 1.29 is 19.4 Å². The molecule has 0 bridgehead atoms. The van der Waals surface area contributed by atoms with Crippen LogP contribution in [0.3, 0.4) is 0 Å². The lowest BCUT2D eigenvalue weighted by molar-refractivity contribution is -0.0231. The summed E-state index contributed by atoms with van der Waals surface area (Å²) in [6, 6.07) is -0.0985. The molecule has 1 saturated heterocycles. The minimum atomic E-state index is -0.495. The molecule has 1 fully saturated rings. The van der Waals surface area contributed by atoms with Crippen LogP contribution in [0.15, 0.2) is 0 Å². The predicted molar refractivity (Wildman–Crippen MR) is 63.8 cm³/mol. The monoisotopic (exact) mass is 245 g/mol. The van der Waals surface area contributed by atoms with Gasteiger partial charge in [0, 0.05) is 13.7 Å². The summed E-state index contributed by atoms with van der Waals surface area (Å²) in [4.78, 5) is 13.6. The third kappa shape index (κ3) is 4.52. The van der Waals surface area contributed by atoms with Gasteiger partial charge in [-0.3, -0.25) is 0 Å². The summed E-state index contributed by atoms with van der Waals surface area (Å²) >= 11 is 0. The molecule has 0 aromatic rings. The summed E-state index contributed by atoms with van der Waals surface area (Å²) in [5.74, 6) is 0. The van der Waals surface area contributed by atoms with E-state index in [9.17, 15) is 9.90 Å². The highest BCUT2D eigenvalue weighted by Crippen LogP contribution is 2.20. The average molecular weight is 245 g/mol. The zero-order chi connectivity index (χ0) is 13.1. The van der Waals surface area contributed by atoms with E-state index in [1.54, 1.807) is 12.0 Å². The number of carbonyl (C=O) groups is 1. The van der Waals surface area contributed by atoms with Crippen molar-refractivity contribution in [2.24, 2.45) is 0 Å². The van der Waals surface area contributed by atoms with Gasteiger partial charge in [-0.2, -0.15) is 0 Å². The lowest BCUT2D eigenvalue weighted by atomic mass is 10.0. The number of hydrogen-bond donors (Lipinski definition) is 1. The van der Waals surface area contributed by atoms with E-state index in [0.29, 0.717) is 26.0 Å². The summed E-state index contributed by atoms with van der Waals surface area (Å²) in [6.45, 7) is 6.47. The SMILES string of the molecule is COCC1CC(O)CCN1C(=O)OC(C)(C)C. The first-order valence-electron chi connectivity index (χ1n) is 6.00. The third-order valence-corrected chi connectivity index (χ3v) is 2.68. The Morgan fingerprint density at radius 1 is 1.47 bits per heavy atom. The standard InChI is InChI=1S/C12H23NO4/c1-12(2,3)17-11(15)13-6-5-10(14)7-9(13)8-16-4/h9-10,14H,5-8H2,1-4H3. The quantitative estimate of drug-likeness (QED) is 0.798. The molecule has 2 unspecified atom stereocenters. The molecule has 0 spiro atoms. The van der Waals surface area contributed by atoms with Crippen LogP contribution in [0, 0.1) is 0 Å². The van der Waals surface area contributed by atoms with E-state index in [4.69, 9.17) is 9.47 Å². The van der Waals surface area contributed by atoms with E-state index in [-0.39, 0.29) is 18.2 Å². The fourth-order valence-electron chi connectivity index (χ4n) is 1.94. The largest absolute Gasteiger partial charge is 0.444 e. The van der Waals surface area contributed by atoms with E-state index < -0.39 is 5.60 Å². The van der Waals surface area contributed by atoms with Crippen LogP contribution in [0.4, 0.5) is 4.79 Å². The molecule has 0 aliphatic carbocycles. The number of rotatable bonds is 2. The maximum atomic E-state index is 12.0. The van der Waals surface area contributed by atoms with Crippen molar-refractivity contribution in [3.05, 3.63) is 0 Å². The second kappa shape index (κ2) is 5.69. The molecule has 0 saturated carbocycles. The van der Waals surface area contributed by atoms with Crippen molar-refractivity contribution in [2.45, 2.75) is 51.4 Å². The number of likely N-dealkylation sites (tertiary alicyclic amines) is 1. The van der Waals surface area contributed by atoms with E-state index in [0.717, 1.165) is 0 Å². The molecule has 100 valence electrons. The summed E-state index contributed by atoms with van der Waals surface area (Å²) in [6.07, 6.45) is 0.465. The highest BCUT2D eigenvalue weighted by Gasteiger charge is 2.33. The number of hydrogen-bond acceptors (Lipinski definition) is 4. The molecule has 1 amide bonds. The molecule has 5 nitrogen and oxygen atoms in total. The van der Waals surface area contributed by atoms with Crippen LogP contribution in [0.25, 0.3) is 0 Å². The molecule has 1 aliphatic heterocycles. The summed E-state index contributed by atoms with van der Waals surface area (Å²) in [5.41, 5.74) is -0.495. The van der Waals surface area contributed by atoms with Gasteiger partial charge in [-0.25, -0.2) is 4.79 Å². The average Bonchev–Trinajstić information content (AvgIpc) is 2.15. The van der Waals surface area contributed by atoms with Gasteiger partial charge in [0.2, 0.25) is 0 Å². The zero-order valence-electron chi connectivity index (χ0n) is 11.1. The normalized spacial score (nSPS) is 25.8. The van der Waals surface area contributed by atoms with Gasteiger partial charge in [-0.15, -0.1) is 0 Å².